The number of phenolic OH excluding ortho intramolecular Hbond substituents is 1. The predicted octanol–water partition coefficient (Wildman–Crippen LogP) is 12.6. The van der Waals surface area contributed by atoms with E-state index in [0.29, 0.717) is 28.8 Å². The number of rotatable bonds is 18. The van der Waals surface area contributed by atoms with Gasteiger partial charge < -0.3 is 27.7 Å². The molecule has 46 heavy (non-hydrogen) atoms. The summed E-state index contributed by atoms with van der Waals surface area (Å²) in [6.45, 7) is 22.7. The second-order valence-electron chi connectivity index (χ2n) is 8.73. The first kappa shape index (κ1) is 37.8. The van der Waals surface area contributed by atoms with Crippen molar-refractivity contribution in [1.82, 2.24) is 0 Å². The van der Waals surface area contributed by atoms with Crippen LogP contribution in [0.1, 0.15) is 27.7 Å². The molecule has 2 unspecified atom stereocenters. The highest BCUT2D eigenvalue weighted by Gasteiger charge is 2.41. The zero-order chi connectivity index (χ0) is 33.8. The molecule has 0 fully saturated rings. The van der Waals surface area contributed by atoms with Gasteiger partial charge in [-0.1, -0.05) is 79.4 Å². The molecule has 0 saturated carbocycles. The lowest BCUT2D eigenvalue weighted by Crippen LogP contribution is -2.02. The molecule has 1 aliphatic rings. The second-order valence-corrected chi connectivity index (χ2v) is 14.5. The number of phenols is 1. The summed E-state index contributed by atoms with van der Waals surface area (Å²) in [4.78, 5) is 0. The molecule has 2 rings (SSSR count). The third-order valence-corrected chi connectivity index (χ3v) is 12.5. The molecule has 2 atom stereocenters. The molecule has 9 nitrogen and oxygen atoms in total. The minimum atomic E-state index is -3.81. The molecule has 0 spiro atoms. The Morgan fingerprint density at radius 1 is 0.652 bits per heavy atom. The highest BCUT2D eigenvalue weighted by atomic mass is 31.3. The number of benzene rings is 1. The van der Waals surface area contributed by atoms with Gasteiger partial charge in [-0.3, -0.25) is 0 Å². The summed E-state index contributed by atoms with van der Waals surface area (Å²) in [5.41, 5.74) is 0. The Hall–Kier alpha value is -4.41. The van der Waals surface area contributed by atoms with Crippen LogP contribution in [0.2, 0.25) is 0 Å². The highest BCUT2D eigenvalue weighted by Crippen LogP contribution is 2.76. The molecule has 244 valence electrons. The molecule has 0 aliphatic carbocycles. The zero-order valence-electron chi connectivity index (χ0n) is 26.6. The van der Waals surface area contributed by atoms with Gasteiger partial charge in [-0.2, -0.15) is 0 Å². The fourth-order valence-corrected chi connectivity index (χ4v) is 11.4. The topological polar surface area (TPSA) is 103 Å². The van der Waals surface area contributed by atoms with E-state index >= 15 is 0 Å². The first-order valence-corrected chi connectivity index (χ1v) is 18.5. The normalized spacial score (nSPS) is 20.5. The van der Waals surface area contributed by atoms with Gasteiger partial charge in [-0.05, 0) is 101 Å². The summed E-state index contributed by atoms with van der Waals surface area (Å²) in [6.07, 6.45) is 27.2. The van der Waals surface area contributed by atoms with E-state index in [1.165, 1.54) is 12.1 Å². The molecule has 1 aliphatic heterocycles. The molecule has 0 saturated heterocycles. The number of hydrogen-bond acceptors (Lipinski definition) is 9. The molecule has 1 aromatic carbocycles. The van der Waals surface area contributed by atoms with Gasteiger partial charge in [0.05, 0.1) is 0 Å². The van der Waals surface area contributed by atoms with Gasteiger partial charge in [0.2, 0.25) is 0 Å². The Kier molecular flexibility index (Phi) is 16.3. The van der Waals surface area contributed by atoms with Gasteiger partial charge in [-0.15, -0.1) is 9.03 Å². The average molecular weight is 682 g/mol. The maximum atomic E-state index is 9.96. The van der Waals surface area contributed by atoms with Crippen molar-refractivity contribution in [2.24, 2.45) is 13.5 Å². The van der Waals surface area contributed by atoms with Gasteiger partial charge in [-0.25, -0.2) is 0 Å². The molecular weight excluding hydrogens is 639 g/mol. The standard InChI is InChI=1S/C34H42N3O6P3/c1-9-17-30(18-10-2)39-44-35-45(40-31(19-11-3)20-12-4,41-32(21-13-5)22-14-6)37-46(36-44,42-33(23-15-7)24-16-8)43-34-27-25-29(38)26-28-34/h9-28,38,44H,1,3,5,7H2,2,4,6,8H3/b18-10-,20-12-,22-14-,24-16-,30-17+,31-19+,32-21+,33-23+. The van der Waals surface area contributed by atoms with Gasteiger partial charge in [0.25, 0.3) is 8.09 Å². The predicted molar refractivity (Wildman–Crippen MR) is 195 cm³/mol. The van der Waals surface area contributed by atoms with Gasteiger partial charge >= 0.3 is 15.3 Å². The van der Waals surface area contributed by atoms with Gasteiger partial charge in [0, 0.05) is 0 Å². The summed E-state index contributed by atoms with van der Waals surface area (Å²) in [6, 6.07) is 6.12. The van der Waals surface area contributed by atoms with Crippen LogP contribution < -0.4 is 4.52 Å². The second kappa shape index (κ2) is 19.9. The number of hydrogen-bond donors (Lipinski definition) is 1. The summed E-state index contributed by atoms with van der Waals surface area (Å²) in [7, 11) is -10.2. The Morgan fingerprint density at radius 2 is 1.07 bits per heavy atom. The van der Waals surface area contributed by atoms with E-state index in [-0.39, 0.29) is 5.75 Å². The lowest BCUT2D eigenvalue weighted by molar-refractivity contribution is 0.355. The molecule has 0 amide bonds. The van der Waals surface area contributed by atoms with Crippen LogP contribution in [0.15, 0.2) is 184 Å². The van der Waals surface area contributed by atoms with E-state index in [2.05, 4.69) is 26.3 Å². The smallest absolute Gasteiger partial charge is 0.457 e. The van der Waals surface area contributed by atoms with Crippen LogP contribution in [0.5, 0.6) is 11.5 Å². The van der Waals surface area contributed by atoms with Crippen molar-refractivity contribution < 1.29 is 27.7 Å². The fourth-order valence-electron chi connectivity index (χ4n) is 3.41. The SMILES string of the molecule is C=C/C=C(\C=C/C)O[PH]1=NP(OC(/C=C\C)=C/C=C)(OC(/C=C\C)=C/C=C)=NP(OC(/C=C\C)=C/C=C)(Oc2ccc(O)cc2)=N1. The van der Waals surface area contributed by atoms with Crippen LogP contribution in [0.25, 0.3) is 0 Å². The summed E-state index contributed by atoms with van der Waals surface area (Å²) >= 11 is 0. The van der Waals surface area contributed by atoms with E-state index in [4.69, 9.17) is 36.2 Å². The van der Waals surface area contributed by atoms with Crippen LogP contribution in [0.4, 0.5) is 0 Å². The molecule has 1 heterocycles. The lowest BCUT2D eigenvalue weighted by atomic mass is 10.3. The molecule has 1 N–H and O–H groups in total. The Morgan fingerprint density at radius 3 is 1.50 bits per heavy atom. The first-order chi connectivity index (χ1) is 22.2. The lowest BCUT2D eigenvalue weighted by Gasteiger charge is -2.30. The molecule has 0 aromatic heterocycles. The van der Waals surface area contributed by atoms with Crippen molar-refractivity contribution in [1.29, 1.82) is 0 Å². The van der Waals surface area contributed by atoms with Crippen LogP contribution in [-0.4, -0.2) is 5.11 Å². The van der Waals surface area contributed by atoms with Crippen LogP contribution in [-0.2, 0) is 18.1 Å². The molecule has 0 bridgehead atoms. The minimum absolute atomic E-state index is 0.0533. The third kappa shape index (κ3) is 12.2. The Labute approximate surface area is 274 Å². The van der Waals surface area contributed by atoms with E-state index in [0.717, 1.165) is 0 Å². The van der Waals surface area contributed by atoms with E-state index in [1.807, 2.05) is 33.8 Å². The van der Waals surface area contributed by atoms with Crippen LogP contribution in [0.3, 0.4) is 0 Å². The van der Waals surface area contributed by atoms with Crippen molar-refractivity contribution in [3.63, 3.8) is 0 Å². The average Bonchev–Trinajstić information content (AvgIpc) is 2.99. The largest absolute Gasteiger partial charge is 0.508 e. The fraction of sp³-hybridized carbons (Fsp3) is 0.118. The van der Waals surface area contributed by atoms with Crippen molar-refractivity contribution in [2.45, 2.75) is 27.7 Å². The summed E-state index contributed by atoms with van der Waals surface area (Å²) in [5, 5.41) is 9.96. The molecule has 0 radical (unpaired) electrons. The summed E-state index contributed by atoms with van der Waals surface area (Å²) in [5.74, 6) is 1.92. The van der Waals surface area contributed by atoms with E-state index in [9.17, 15) is 5.11 Å². The quantitative estimate of drug-likeness (QED) is 0.0939. The molecule has 12 heteroatoms. The summed E-state index contributed by atoms with van der Waals surface area (Å²) < 4.78 is 47.5. The third-order valence-electron chi connectivity index (χ3n) is 5.05. The molecular formula is C34H42N3O6P3. The maximum Gasteiger partial charge on any atom is 0.457 e. The monoisotopic (exact) mass is 681 g/mol. The Balaban J connectivity index is 3.16. The van der Waals surface area contributed by atoms with E-state index < -0.39 is 23.4 Å². The molecule has 1 aromatic rings. The Bertz CT molecular complexity index is 1620. The van der Waals surface area contributed by atoms with Crippen LogP contribution >= 0.6 is 23.4 Å². The number of nitrogens with zero attached hydrogens (tertiary/aromatic N) is 3. The van der Waals surface area contributed by atoms with Crippen molar-refractivity contribution >= 4 is 23.4 Å². The minimum Gasteiger partial charge on any atom is -0.508 e. The van der Waals surface area contributed by atoms with Gasteiger partial charge in [0.1, 0.15) is 34.5 Å². The van der Waals surface area contributed by atoms with Crippen LogP contribution in [0, 0.1) is 0 Å². The van der Waals surface area contributed by atoms with Crippen molar-refractivity contribution in [3.8, 4) is 11.5 Å². The highest BCUT2D eigenvalue weighted by molar-refractivity contribution is 7.75. The zero-order valence-corrected chi connectivity index (χ0v) is 29.4. The first-order valence-electron chi connectivity index (χ1n) is 14.2. The van der Waals surface area contributed by atoms with Gasteiger partial charge in [0.15, 0.2) is 0 Å². The van der Waals surface area contributed by atoms with Crippen molar-refractivity contribution in [2.75, 3.05) is 0 Å². The van der Waals surface area contributed by atoms with E-state index in [1.54, 1.807) is 103 Å². The maximum absolute atomic E-state index is 9.96. The number of allylic oxidation sites excluding steroid dienone is 16. The number of aromatic hydroxyl groups is 1. The van der Waals surface area contributed by atoms with Crippen molar-refractivity contribution in [3.05, 3.63) is 171 Å².